The number of hydrogen-bond donors (Lipinski definition) is 0. The molecule has 2 bridgehead atoms. The Morgan fingerprint density at radius 2 is 1.83 bits per heavy atom. The molecule has 0 aromatic heterocycles. The van der Waals surface area contributed by atoms with E-state index in [4.69, 9.17) is 4.74 Å². The average molecular weight is 334 g/mol. The average Bonchev–Trinajstić information content (AvgIpc) is 2.53. The summed E-state index contributed by atoms with van der Waals surface area (Å²) in [5, 5.41) is 21.8. The van der Waals surface area contributed by atoms with Crippen LogP contribution in [0.15, 0.2) is 18.2 Å². The monoisotopic (exact) mass is 334 g/mol. The minimum absolute atomic E-state index is 0.0356. The Labute approximate surface area is 138 Å². The number of fused-ring (bicyclic) bond motifs is 2. The Hall–Kier alpha value is -2.51. The minimum Gasteiger partial charge on any atom is -0.458 e. The predicted molar refractivity (Wildman–Crippen MR) is 83.6 cm³/mol. The van der Waals surface area contributed by atoms with Crippen molar-refractivity contribution >= 4 is 17.3 Å². The number of hydrogen-bond acceptors (Lipinski definition) is 6. The highest BCUT2D eigenvalue weighted by atomic mass is 16.6. The third kappa shape index (κ3) is 2.51. The number of ether oxygens (including phenoxy) is 1. The van der Waals surface area contributed by atoms with E-state index in [0.29, 0.717) is 11.8 Å². The number of benzene rings is 1. The summed E-state index contributed by atoms with van der Waals surface area (Å²) >= 11 is 0. The van der Waals surface area contributed by atoms with Crippen LogP contribution in [-0.2, 0) is 4.74 Å². The molecule has 8 nitrogen and oxygen atoms in total. The van der Waals surface area contributed by atoms with Crippen molar-refractivity contribution < 1.29 is 19.4 Å². The van der Waals surface area contributed by atoms with Crippen LogP contribution in [0.4, 0.5) is 11.4 Å². The van der Waals surface area contributed by atoms with Crippen LogP contribution in [-0.4, -0.2) is 21.9 Å². The second-order valence-corrected chi connectivity index (χ2v) is 7.10. The number of nitrogens with zero attached hydrogens (tertiary/aromatic N) is 2. The number of nitro groups is 2. The van der Waals surface area contributed by atoms with Crippen molar-refractivity contribution in [1.82, 2.24) is 0 Å². The van der Waals surface area contributed by atoms with Crippen molar-refractivity contribution in [2.75, 3.05) is 0 Å². The molecule has 0 spiro atoms. The molecule has 0 saturated heterocycles. The van der Waals surface area contributed by atoms with E-state index < -0.39 is 27.2 Å². The molecule has 3 saturated carbocycles. The lowest BCUT2D eigenvalue weighted by Crippen LogP contribution is -2.55. The predicted octanol–water partition coefficient (Wildman–Crippen LogP) is 3.48. The highest BCUT2D eigenvalue weighted by molar-refractivity contribution is 5.91. The summed E-state index contributed by atoms with van der Waals surface area (Å²) in [6, 6.07) is 3.09. The van der Waals surface area contributed by atoms with Gasteiger partial charge < -0.3 is 4.74 Å². The Bertz CT molecular complexity index is 727. The third-order valence-electron chi connectivity index (χ3n) is 5.66. The van der Waals surface area contributed by atoms with Crippen LogP contribution in [0.5, 0.6) is 0 Å². The number of esters is 1. The van der Waals surface area contributed by atoms with Crippen LogP contribution in [0.25, 0.3) is 0 Å². The zero-order chi connectivity index (χ0) is 17.6. The van der Waals surface area contributed by atoms with Crippen molar-refractivity contribution in [3.05, 3.63) is 44.0 Å². The lowest BCUT2D eigenvalue weighted by Gasteiger charge is -2.59. The number of nitro benzene ring substituents is 2. The van der Waals surface area contributed by atoms with Gasteiger partial charge in [0.25, 0.3) is 0 Å². The van der Waals surface area contributed by atoms with Gasteiger partial charge in [0.2, 0.25) is 0 Å². The van der Waals surface area contributed by atoms with E-state index in [-0.39, 0.29) is 17.1 Å². The fraction of sp³-hybridized carbons (Fsp3) is 0.562. The molecule has 0 aliphatic heterocycles. The maximum absolute atomic E-state index is 12.3. The molecule has 24 heavy (non-hydrogen) atoms. The molecule has 0 amide bonds. The fourth-order valence-electron chi connectivity index (χ4n) is 4.04. The van der Waals surface area contributed by atoms with Crippen molar-refractivity contribution in [2.24, 2.45) is 17.3 Å². The lowest BCUT2D eigenvalue weighted by atomic mass is 9.48. The number of carbonyl (C=O) groups excluding carboxylic acids is 1. The molecular formula is C16H18N2O6. The highest BCUT2D eigenvalue weighted by Gasteiger charge is 2.55. The summed E-state index contributed by atoms with van der Waals surface area (Å²) < 4.78 is 5.57. The molecule has 0 radical (unpaired) electrons. The maximum Gasteiger partial charge on any atom is 0.346 e. The first kappa shape index (κ1) is 16.4. The van der Waals surface area contributed by atoms with Gasteiger partial charge >= 0.3 is 17.3 Å². The van der Waals surface area contributed by atoms with Gasteiger partial charge in [0.1, 0.15) is 6.10 Å². The van der Waals surface area contributed by atoms with Gasteiger partial charge in [-0.15, -0.1) is 0 Å². The Kier molecular flexibility index (Phi) is 3.77. The van der Waals surface area contributed by atoms with E-state index in [9.17, 15) is 25.0 Å². The quantitative estimate of drug-likeness (QED) is 0.473. The van der Waals surface area contributed by atoms with Gasteiger partial charge in [0.05, 0.1) is 15.4 Å². The van der Waals surface area contributed by atoms with Crippen molar-refractivity contribution in [3.63, 3.8) is 0 Å². The summed E-state index contributed by atoms with van der Waals surface area (Å²) in [7, 11) is 0. The molecule has 4 rings (SSSR count). The topological polar surface area (TPSA) is 113 Å². The zero-order valence-electron chi connectivity index (χ0n) is 13.4. The largest absolute Gasteiger partial charge is 0.458 e. The van der Waals surface area contributed by atoms with Crippen LogP contribution < -0.4 is 0 Å². The summed E-state index contributed by atoms with van der Waals surface area (Å²) in [4.78, 5) is 32.4. The first-order valence-electron chi connectivity index (χ1n) is 7.85. The molecular weight excluding hydrogens is 316 g/mol. The molecule has 128 valence electrons. The van der Waals surface area contributed by atoms with E-state index in [1.165, 1.54) is 6.07 Å². The van der Waals surface area contributed by atoms with Gasteiger partial charge in [-0.05, 0) is 36.7 Å². The SMILES string of the molecule is CC1(C)[C@H]2CC[C@@H](OC(=O)c3ccc([N+](=O)[O-])c([N+](=O)[O-])c3)[C@@H]1C2. The van der Waals surface area contributed by atoms with Gasteiger partial charge in [0.15, 0.2) is 0 Å². The number of rotatable bonds is 4. The molecule has 3 aliphatic carbocycles. The first-order chi connectivity index (χ1) is 11.2. The smallest absolute Gasteiger partial charge is 0.346 e. The number of carbonyl (C=O) groups is 1. The van der Waals surface area contributed by atoms with Gasteiger partial charge in [0, 0.05) is 18.1 Å². The van der Waals surface area contributed by atoms with E-state index in [1.54, 1.807) is 0 Å². The second-order valence-electron chi connectivity index (χ2n) is 7.10. The van der Waals surface area contributed by atoms with Crippen molar-refractivity contribution in [2.45, 2.75) is 39.2 Å². The van der Waals surface area contributed by atoms with Crippen molar-refractivity contribution in [1.29, 1.82) is 0 Å². The molecule has 3 fully saturated rings. The Morgan fingerprint density at radius 3 is 2.38 bits per heavy atom. The fourth-order valence-corrected chi connectivity index (χ4v) is 4.04. The molecule has 0 unspecified atom stereocenters. The molecule has 8 heteroatoms. The lowest BCUT2D eigenvalue weighted by molar-refractivity contribution is -0.422. The third-order valence-corrected chi connectivity index (χ3v) is 5.66. The molecule has 3 atom stereocenters. The first-order valence-corrected chi connectivity index (χ1v) is 7.85. The van der Waals surface area contributed by atoms with Crippen LogP contribution in [0.1, 0.15) is 43.5 Å². The van der Waals surface area contributed by atoms with E-state index in [1.807, 2.05) is 0 Å². The van der Waals surface area contributed by atoms with Crippen LogP contribution in [0.3, 0.4) is 0 Å². The standard InChI is InChI=1S/C16H18N2O6/c1-16(2)10-4-6-14(11(16)8-10)24-15(19)9-3-5-12(17(20)21)13(7-9)18(22)23/h3,5,7,10-11,14H,4,6,8H2,1-2H3/t10-,11-,14+/m0/s1. The minimum atomic E-state index is -0.866. The second kappa shape index (κ2) is 5.54. The van der Waals surface area contributed by atoms with Gasteiger partial charge in [-0.25, -0.2) is 4.79 Å². The molecule has 3 aliphatic rings. The Morgan fingerprint density at radius 1 is 1.17 bits per heavy atom. The van der Waals surface area contributed by atoms with Gasteiger partial charge in [-0.2, -0.15) is 0 Å². The molecule has 0 N–H and O–H groups in total. The van der Waals surface area contributed by atoms with Gasteiger partial charge in [-0.3, -0.25) is 20.2 Å². The van der Waals surface area contributed by atoms with E-state index in [2.05, 4.69) is 13.8 Å². The van der Waals surface area contributed by atoms with Crippen molar-refractivity contribution in [3.8, 4) is 0 Å². The van der Waals surface area contributed by atoms with Crippen LogP contribution >= 0.6 is 0 Å². The van der Waals surface area contributed by atoms with Crippen LogP contribution in [0, 0.1) is 37.5 Å². The summed E-state index contributed by atoms with van der Waals surface area (Å²) in [6.45, 7) is 4.34. The summed E-state index contributed by atoms with van der Waals surface area (Å²) in [5.41, 5.74) is -1.24. The summed E-state index contributed by atoms with van der Waals surface area (Å²) in [6.07, 6.45) is 2.62. The maximum atomic E-state index is 12.3. The van der Waals surface area contributed by atoms with Gasteiger partial charge in [-0.1, -0.05) is 13.8 Å². The highest BCUT2D eigenvalue weighted by Crippen LogP contribution is 2.59. The Balaban J connectivity index is 1.79. The molecule has 0 heterocycles. The normalized spacial score (nSPS) is 27.0. The van der Waals surface area contributed by atoms with E-state index >= 15 is 0 Å². The van der Waals surface area contributed by atoms with Crippen LogP contribution in [0.2, 0.25) is 0 Å². The summed E-state index contributed by atoms with van der Waals surface area (Å²) in [5.74, 6) is 0.297. The molecule has 1 aromatic carbocycles. The molecule has 1 aromatic rings. The zero-order valence-corrected chi connectivity index (χ0v) is 13.4. The van der Waals surface area contributed by atoms with E-state index in [0.717, 1.165) is 31.4 Å².